The Morgan fingerprint density at radius 2 is 1.73 bits per heavy atom. The second-order valence-corrected chi connectivity index (χ2v) is 4.63. The fourth-order valence-corrected chi connectivity index (χ4v) is 0.865. The SMILES string of the molecule is CC(NC(=O)OC(C)(C)C)[C@H](C)C(N)=O. The summed E-state index contributed by atoms with van der Waals surface area (Å²) < 4.78 is 5.04. The second-order valence-electron chi connectivity index (χ2n) is 4.63. The quantitative estimate of drug-likeness (QED) is 0.739. The third kappa shape index (κ3) is 5.93. The Morgan fingerprint density at radius 3 is 2.07 bits per heavy atom. The molecule has 5 heteroatoms. The highest BCUT2D eigenvalue weighted by atomic mass is 16.6. The summed E-state index contributed by atoms with van der Waals surface area (Å²) in [6.45, 7) is 8.68. The van der Waals surface area contributed by atoms with Gasteiger partial charge in [-0.05, 0) is 27.7 Å². The minimum absolute atomic E-state index is 0.336. The molecular formula is C10H20N2O3. The third-order valence-corrected chi connectivity index (χ3v) is 1.94. The van der Waals surface area contributed by atoms with Gasteiger partial charge in [-0.15, -0.1) is 0 Å². The summed E-state index contributed by atoms with van der Waals surface area (Å²) in [5.41, 5.74) is 4.57. The number of amides is 2. The van der Waals surface area contributed by atoms with Crippen molar-refractivity contribution in [2.45, 2.75) is 46.3 Å². The Morgan fingerprint density at radius 1 is 1.27 bits per heavy atom. The average Bonchev–Trinajstić information content (AvgIpc) is 1.98. The first-order chi connectivity index (χ1) is 6.63. The zero-order valence-electron chi connectivity index (χ0n) is 9.96. The van der Waals surface area contributed by atoms with Crippen LogP contribution < -0.4 is 11.1 Å². The van der Waals surface area contributed by atoms with E-state index < -0.39 is 23.5 Å². The number of alkyl carbamates (subject to hydrolysis) is 1. The van der Waals surface area contributed by atoms with E-state index in [0.717, 1.165) is 0 Å². The van der Waals surface area contributed by atoms with E-state index >= 15 is 0 Å². The molecule has 2 amide bonds. The van der Waals surface area contributed by atoms with Crippen LogP contribution in [0.4, 0.5) is 4.79 Å². The molecule has 0 aliphatic carbocycles. The van der Waals surface area contributed by atoms with E-state index in [4.69, 9.17) is 10.5 Å². The number of hydrogen-bond acceptors (Lipinski definition) is 3. The van der Waals surface area contributed by atoms with Crippen LogP contribution in [0.3, 0.4) is 0 Å². The predicted octanol–water partition coefficient (Wildman–Crippen LogP) is 1.02. The van der Waals surface area contributed by atoms with Gasteiger partial charge in [-0.2, -0.15) is 0 Å². The minimum Gasteiger partial charge on any atom is -0.444 e. The maximum absolute atomic E-state index is 11.3. The molecule has 0 aliphatic rings. The number of rotatable bonds is 3. The smallest absolute Gasteiger partial charge is 0.407 e. The zero-order valence-corrected chi connectivity index (χ0v) is 9.96. The normalized spacial score (nSPS) is 15.3. The largest absolute Gasteiger partial charge is 0.444 e. The van der Waals surface area contributed by atoms with Crippen molar-refractivity contribution in [3.05, 3.63) is 0 Å². The summed E-state index contributed by atoms with van der Waals surface area (Å²) in [6.07, 6.45) is -0.539. The molecule has 0 spiro atoms. The maximum Gasteiger partial charge on any atom is 0.407 e. The molecule has 0 bridgehead atoms. The van der Waals surface area contributed by atoms with Crippen molar-refractivity contribution in [3.8, 4) is 0 Å². The maximum atomic E-state index is 11.3. The van der Waals surface area contributed by atoms with Gasteiger partial charge in [0.1, 0.15) is 5.60 Å². The molecule has 0 saturated heterocycles. The molecule has 0 aromatic rings. The lowest BCUT2D eigenvalue weighted by Crippen LogP contribution is -2.44. The van der Waals surface area contributed by atoms with Gasteiger partial charge in [0.2, 0.25) is 5.91 Å². The number of nitrogens with one attached hydrogen (secondary N) is 1. The first kappa shape index (κ1) is 13.7. The first-order valence-electron chi connectivity index (χ1n) is 4.92. The fraction of sp³-hybridized carbons (Fsp3) is 0.800. The first-order valence-corrected chi connectivity index (χ1v) is 4.92. The third-order valence-electron chi connectivity index (χ3n) is 1.94. The molecule has 0 aromatic heterocycles. The highest BCUT2D eigenvalue weighted by molar-refractivity contribution is 5.78. The molecule has 0 aliphatic heterocycles. The van der Waals surface area contributed by atoms with Crippen LogP contribution in [0.5, 0.6) is 0 Å². The van der Waals surface area contributed by atoms with Crippen LogP contribution in [-0.4, -0.2) is 23.6 Å². The molecule has 1 unspecified atom stereocenters. The number of carbonyl (C=O) groups is 2. The zero-order chi connectivity index (χ0) is 12.2. The van der Waals surface area contributed by atoms with Crippen LogP contribution in [0, 0.1) is 5.92 Å². The Labute approximate surface area is 90.4 Å². The molecule has 0 saturated carbocycles. The monoisotopic (exact) mass is 216 g/mol. The van der Waals surface area contributed by atoms with Crippen LogP contribution in [0.2, 0.25) is 0 Å². The van der Waals surface area contributed by atoms with Crippen molar-refractivity contribution in [3.63, 3.8) is 0 Å². The highest BCUT2D eigenvalue weighted by Crippen LogP contribution is 2.08. The summed E-state index contributed by atoms with van der Waals surface area (Å²) in [5, 5.41) is 2.56. The van der Waals surface area contributed by atoms with Gasteiger partial charge < -0.3 is 15.8 Å². The molecule has 0 heterocycles. The number of nitrogens with two attached hydrogens (primary N) is 1. The lowest BCUT2D eigenvalue weighted by atomic mass is 10.0. The number of carbonyl (C=O) groups excluding carboxylic acids is 2. The highest BCUT2D eigenvalue weighted by Gasteiger charge is 2.22. The van der Waals surface area contributed by atoms with E-state index in [1.165, 1.54) is 0 Å². The number of primary amides is 1. The van der Waals surface area contributed by atoms with E-state index in [1.807, 2.05) is 0 Å². The van der Waals surface area contributed by atoms with Crippen molar-refractivity contribution in [2.24, 2.45) is 11.7 Å². The standard InChI is InChI=1S/C10H20N2O3/c1-6(8(11)13)7(2)12-9(14)15-10(3,4)5/h6-7H,1-5H3,(H2,11,13)(H,12,14)/t6-,7?/m0/s1. The molecule has 88 valence electrons. The van der Waals surface area contributed by atoms with Crippen molar-refractivity contribution >= 4 is 12.0 Å². The van der Waals surface area contributed by atoms with E-state index in [-0.39, 0.29) is 6.04 Å². The van der Waals surface area contributed by atoms with Crippen LogP contribution in [0.1, 0.15) is 34.6 Å². The van der Waals surface area contributed by atoms with E-state index in [2.05, 4.69) is 5.32 Å². The van der Waals surface area contributed by atoms with Gasteiger partial charge >= 0.3 is 6.09 Å². The summed E-state index contributed by atoms with van der Waals surface area (Å²) in [5.74, 6) is -0.865. The van der Waals surface area contributed by atoms with Crippen molar-refractivity contribution in [2.75, 3.05) is 0 Å². The minimum atomic E-state index is -0.542. The Bertz CT molecular complexity index is 246. The van der Waals surface area contributed by atoms with Gasteiger partial charge in [0, 0.05) is 6.04 Å². The van der Waals surface area contributed by atoms with Gasteiger partial charge in [0.05, 0.1) is 5.92 Å². The van der Waals surface area contributed by atoms with Gasteiger partial charge in [0.25, 0.3) is 0 Å². The van der Waals surface area contributed by atoms with Crippen molar-refractivity contribution < 1.29 is 14.3 Å². The number of ether oxygens (including phenoxy) is 1. The lowest BCUT2D eigenvalue weighted by molar-refractivity contribution is -0.121. The van der Waals surface area contributed by atoms with Crippen LogP contribution >= 0.6 is 0 Å². The molecule has 0 radical (unpaired) electrons. The summed E-state index contributed by atoms with van der Waals surface area (Å²) in [7, 11) is 0. The second kappa shape index (κ2) is 5.00. The predicted molar refractivity (Wildman–Crippen MR) is 57.2 cm³/mol. The van der Waals surface area contributed by atoms with E-state index in [1.54, 1.807) is 34.6 Å². The molecule has 0 fully saturated rings. The summed E-state index contributed by atoms with van der Waals surface area (Å²) >= 11 is 0. The molecule has 2 atom stereocenters. The fourth-order valence-electron chi connectivity index (χ4n) is 0.865. The molecule has 0 aromatic carbocycles. The van der Waals surface area contributed by atoms with Gasteiger partial charge in [-0.1, -0.05) is 6.92 Å². The van der Waals surface area contributed by atoms with Gasteiger partial charge in [-0.3, -0.25) is 4.79 Å². The molecule has 15 heavy (non-hydrogen) atoms. The summed E-state index contributed by atoms with van der Waals surface area (Å²) in [6, 6.07) is -0.336. The van der Waals surface area contributed by atoms with Crippen LogP contribution in [-0.2, 0) is 9.53 Å². The molecule has 0 rings (SSSR count). The number of hydrogen-bond donors (Lipinski definition) is 2. The van der Waals surface area contributed by atoms with Crippen LogP contribution in [0.15, 0.2) is 0 Å². The van der Waals surface area contributed by atoms with E-state index in [0.29, 0.717) is 0 Å². The van der Waals surface area contributed by atoms with Gasteiger partial charge in [-0.25, -0.2) is 4.79 Å². The van der Waals surface area contributed by atoms with E-state index in [9.17, 15) is 9.59 Å². The summed E-state index contributed by atoms with van der Waals surface area (Å²) in [4.78, 5) is 22.1. The Balaban J connectivity index is 4.13. The molecular weight excluding hydrogens is 196 g/mol. The average molecular weight is 216 g/mol. The van der Waals surface area contributed by atoms with Gasteiger partial charge in [0.15, 0.2) is 0 Å². The topological polar surface area (TPSA) is 81.4 Å². The Kier molecular flexibility index (Phi) is 4.58. The molecule has 5 nitrogen and oxygen atoms in total. The van der Waals surface area contributed by atoms with Crippen molar-refractivity contribution in [1.29, 1.82) is 0 Å². The Hall–Kier alpha value is -1.26. The van der Waals surface area contributed by atoms with Crippen molar-refractivity contribution in [1.82, 2.24) is 5.32 Å². The molecule has 3 N–H and O–H groups in total. The lowest BCUT2D eigenvalue weighted by Gasteiger charge is -2.23. The van der Waals surface area contributed by atoms with Crippen LogP contribution in [0.25, 0.3) is 0 Å².